The van der Waals surface area contributed by atoms with E-state index in [-0.39, 0.29) is 18.6 Å². The highest BCUT2D eigenvalue weighted by Crippen LogP contribution is 2.32. The van der Waals surface area contributed by atoms with Crippen LogP contribution in [-0.4, -0.2) is 36.7 Å². The van der Waals surface area contributed by atoms with Crippen LogP contribution in [0.25, 0.3) is 0 Å². The van der Waals surface area contributed by atoms with Crippen LogP contribution < -0.4 is 14.8 Å². The molecule has 0 unspecified atom stereocenters. The normalized spacial score (nSPS) is 14.9. The van der Waals surface area contributed by atoms with E-state index < -0.39 is 11.4 Å². The summed E-state index contributed by atoms with van der Waals surface area (Å²) in [7, 11) is 1.57. The van der Waals surface area contributed by atoms with E-state index in [1.807, 2.05) is 13.8 Å². The van der Waals surface area contributed by atoms with E-state index in [0.29, 0.717) is 29.9 Å². The van der Waals surface area contributed by atoms with E-state index in [2.05, 4.69) is 5.32 Å². The van der Waals surface area contributed by atoms with Crippen molar-refractivity contribution >= 4 is 11.9 Å². The van der Waals surface area contributed by atoms with Crippen molar-refractivity contribution in [2.75, 3.05) is 13.7 Å². The number of benzene rings is 1. The Morgan fingerprint density at radius 3 is 2.38 bits per heavy atom. The van der Waals surface area contributed by atoms with Crippen LogP contribution >= 0.6 is 0 Å². The van der Waals surface area contributed by atoms with Crippen molar-refractivity contribution in [2.45, 2.75) is 58.5 Å². The highest BCUT2D eigenvalue weighted by atomic mass is 16.5. The minimum atomic E-state index is -0.939. The summed E-state index contributed by atoms with van der Waals surface area (Å²) < 4.78 is 11.4. The second-order valence-corrected chi connectivity index (χ2v) is 6.87. The monoisotopic (exact) mass is 363 g/mol. The zero-order valence-corrected chi connectivity index (χ0v) is 15.8. The van der Waals surface area contributed by atoms with Crippen molar-refractivity contribution < 1.29 is 24.2 Å². The van der Waals surface area contributed by atoms with Crippen LogP contribution in [0.5, 0.6) is 11.5 Å². The van der Waals surface area contributed by atoms with Crippen LogP contribution in [0, 0.1) is 5.41 Å². The van der Waals surface area contributed by atoms with Gasteiger partial charge in [-0.15, -0.1) is 0 Å². The number of amides is 1. The Bertz CT molecular complexity index is 633. The lowest BCUT2D eigenvalue weighted by molar-refractivity contribution is -0.149. The summed E-state index contributed by atoms with van der Waals surface area (Å²) in [6.45, 7) is 3.74. The van der Waals surface area contributed by atoms with E-state index in [1.165, 1.54) is 0 Å². The fourth-order valence-corrected chi connectivity index (χ4v) is 3.33. The molecule has 1 aromatic carbocycles. The third-order valence-electron chi connectivity index (χ3n) is 5.42. The van der Waals surface area contributed by atoms with Crippen molar-refractivity contribution in [3.8, 4) is 11.5 Å². The van der Waals surface area contributed by atoms with Crippen LogP contribution in [0.4, 0.5) is 0 Å². The summed E-state index contributed by atoms with van der Waals surface area (Å²) in [5, 5.41) is 12.3. The summed E-state index contributed by atoms with van der Waals surface area (Å²) >= 11 is 0. The second kappa shape index (κ2) is 8.92. The maximum Gasteiger partial charge on any atom is 0.311 e. The molecule has 0 saturated heterocycles. The summed E-state index contributed by atoms with van der Waals surface area (Å²) in [6.07, 6.45) is 5.38. The Morgan fingerprint density at radius 2 is 1.85 bits per heavy atom. The first-order valence-corrected chi connectivity index (χ1v) is 9.32. The minimum Gasteiger partial charge on any atom is -0.493 e. The largest absolute Gasteiger partial charge is 0.493 e. The van der Waals surface area contributed by atoms with E-state index in [1.54, 1.807) is 25.3 Å². The smallest absolute Gasteiger partial charge is 0.311 e. The maximum atomic E-state index is 12.5. The van der Waals surface area contributed by atoms with Crippen LogP contribution in [0.2, 0.25) is 0 Å². The molecule has 144 valence electrons. The number of hydrogen-bond donors (Lipinski definition) is 2. The lowest BCUT2D eigenvalue weighted by Crippen LogP contribution is -2.42. The lowest BCUT2D eigenvalue weighted by Gasteiger charge is -2.26. The molecule has 0 atom stereocenters. The number of carbonyl (C=O) groups is 2. The number of ether oxygens (including phenoxy) is 2. The third kappa shape index (κ3) is 4.48. The van der Waals surface area contributed by atoms with E-state index in [9.17, 15) is 14.7 Å². The number of carboxylic acid groups (broad SMARTS) is 1. The molecule has 0 bridgehead atoms. The van der Waals surface area contributed by atoms with Crippen molar-refractivity contribution in [1.29, 1.82) is 0 Å². The SMILES string of the molecule is CCC(CC)(CNC(=O)c1ccc(OC)c(OC2CCCC2)c1)C(=O)O. The molecule has 2 N–H and O–H groups in total. The van der Waals surface area contributed by atoms with Crippen molar-refractivity contribution in [3.05, 3.63) is 23.8 Å². The fourth-order valence-electron chi connectivity index (χ4n) is 3.33. The first-order valence-electron chi connectivity index (χ1n) is 9.32. The van der Waals surface area contributed by atoms with Gasteiger partial charge in [0.15, 0.2) is 11.5 Å². The molecule has 0 heterocycles. The molecule has 0 aliphatic heterocycles. The van der Waals surface area contributed by atoms with Gasteiger partial charge in [0.2, 0.25) is 0 Å². The number of nitrogens with one attached hydrogen (secondary N) is 1. The van der Waals surface area contributed by atoms with Gasteiger partial charge < -0.3 is 19.9 Å². The highest BCUT2D eigenvalue weighted by Gasteiger charge is 2.35. The molecule has 6 nitrogen and oxygen atoms in total. The molecule has 6 heteroatoms. The van der Waals surface area contributed by atoms with Gasteiger partial charge in [0.05, 0.1) is 18.6 Å². The minimum absolute atomic E-state index is 0.0962. The highest BCUT2D eigenvalue weighted by molar-refractivity contribution is 5.95. The van der Waals surface area contributed by atoms with Gasteiger partial charge in [-0.1, -0.05) is 13.8 Å². The van der Waals surface area contributed by atoms with Crippen LogP contribution in [0.1, 0.15) is 62.7 Å². The number of methoxy groups -OCH3 is 1. The van der Waals surface area contributed by atoms with E-state index in [4.69, 9.17) is 9.47 Å². The Hall–Kier alpha value is -2.24. The Balaban J connectivity index is 2.11. The summed E-state index contributed by atoms with van der Waals surface area (Å²) in [5.74, 6) is -0.0442. The molecule has 26 heavy (non-hydrogen) atoms. The van der Waals surface area contributed by atoms with E-state index >= 15 is 0 Å². The summed E-state index contributed by atoms with van der Waals surface area (Å²) in [4.78, 5) is 24.1. The molecule has 0 radical (unpaired) electrons. The molecule has 1 saturated carbocycles. The van der Waals surface area contributed by atoms with Crippen LogP contribution in [-0.2, 0) is 4.79 Å². The first-order chi connectivity index (χ1) is 12.5. The van der Waals surface area contributed by atoms with Gasteiger partial charge in [-0.2, -0.15) is 0 Å². The fraction of sp³-hybridized carbons (Fsp3) is 0.600. The number of hydrogen-bond acceptors (Lipinski definition) is 4. The van der Waals surface area contributed by atoms with Gasteiger partial charge >= 0.3 is 5.97 Å². The molecule has 1 aromatic rings. The summed E-state index contributed by atoms with van der Waals surface area (Å²) in [5.41, 5.74) is -0.504. The van der Waals surface area contributed by atoms with Gasteiger partial charge in [0.1, 0.15) is 0 Å². The average molecular weight is 363 g/mol. The molecule has 1 aliphatic rings. The number of carbonyl (C=O) groups excluding carboxylic acids is 1. The average Bonchev–Trinajstić information content (AvgIpc) is 3.15. The van der Waals surface area contributed by atoms with Gasteiger partial charge in [-0.25, -0.2) is 0 Å². The maximum absolute atomic E-state index is 12.5. The van der Waals surface area contributed by atoms with Gasteiger partial charge in [0, 0.05) is 12.1 Å². The third-order valence-corrected chi connectivity index (χ3v) is 5.42. The zero-order chi connectivity index (χ0) is 19.2. The van der Waals surface area contributed by atoms with E-state index in [0.717, 1.165) is 25.7 Å². The van der Waals surface area contributed by atoms with Crippen molar-refractivity contribution in [2.24, 2.45) is 5.41 Å². The predicted octanol–water partition coefficient (Wildman–Crippen LogP) is 3.64. The lowest BCUT2D eigenvalue weighted by atomic mass is 9.82. The quantitative estimate of drug-likeness (QED) is 0.700. The first kappa shape index (κ1) is 20.1. The standard InChI is InChI=1S/C20H29NO5/c1-4-20(5-2,19(23)24)13-21-18(22)14-10-11-16(25-3)17(12-14)26-15-8-6-7-9-15/h10-12,15H,4-9,13H2,1-3H3,(H,21,22)(H,23,24). The molecule has 1 aliphatic carbocycles. The van der Waals surface area contributed by atoms with Crippen LogP contribution in [0.15, 0.2) is 18.2 Å². The molecular weight excluding hydrogens is 334 g/mol. The summed E-state index contributed by atoms with van der Waals surface area (Å²) in [6, 6.07) is 5.05. The molecule has 0 aromatic heterocycles. The van der Waals surface area contributed by atoms with Crippen LogP contribution in [0.3, 0.4) is 0 Å². The number of rotatable bonds is 9. The Kier molecular flexibility index (Phi) is 6.89. The van der Waals surface area contributed by atoms with Crippen molar-refractivity contribution in [1.82, 2.24) is 5.32 Å². The predicted molar refractivity (Wildman–Crippen MR) is 98.9 cm³/mol. The Morgan fingerprint density at radius 1 is 1.19 bits per heavy atom. The molecular formula is C20H29NO5. The topological polar surface area (TPSA) is 84.9 Å². The molecule has 0 spiro atoms. The molecule has 1 amide bonds. The Labute approximate surface area is 154 Å². The molecule has 2 rings (SSSR count). The second-order valence-electron chi connectivity index (χ2n) is 6.87. The zero-order valence-electron chi connectivity index (χ0n) is 15.8. The van der Waals surface area contributed by atoms with Gasteiger partial charge in [0.25, 0.3) is 5.91 Å². The number of aliphatic carboxylic acids is 1. The molecule has 1 fully saturated rings. The van der Waals surface area contributed by atoms with Gasteiger partial charge in [-0.3, -0.25) is 9.59 Å². The van der Waals surface area contributed by atoms with Crippen molar-refractivity contribution in [3.63, 3.8) is 0 Å². The van der Waals surface area contributed by atoms with Gasteiger partial charge in [-0.05, 0) is 56.7 Å². The number of carboxylic acids is 1.